The number of nitrogens with two attached hydrogens (primary N) is 1. The maximum atomic E-state index is 5.68. The SMILES string of the molecule is NCCC1(CNc2ccnc3ccccc23)CC1. The smallest absolute Gasteiger partial charge is 0.0722 e. The summed E-state index contributed by atoms with van der Waals surface area (Å²) in [6.45, 7) is 1.82. The molecule has 1 fully saturated rings. The summed E-state index contributed by atoms with van der Waals surface area (Å²) in [6.07, 6.45) is 5.61. The van der Waals surface area contributed by atoms with Crippen LogP contribution in [0.2, 0.25) is 0 Å². The van der Waals surface area contributed by atoms with Gasteiger partial charge >= 0.3 is 0 Å². The average Bonchev–Trinajstić information content (AvgIpc) is 3.17. The first-order valence-corrected chi connectivity index (χ1v) is 6.61. The first-order valence-electron chi connectivity index (χ1n) is 6.61. The molecule has 0 saturated heterocycles. The number of anilines is 1. The van der Waals surface area contributed by atoms with Crippen LogP contribution >= 0.6 is 0 Å². The molecule has 2 aromatic rings. The molecule has 0 aliphatic heterocycles. The Morgan fingerprint density at radius 1 is 1.22 bits per heavy atom. The van der Waals surface area contributed by atoms with Crippen LogP contribution in [0.3, 0.4) is 0 Å². The largest absolute Gasteiger partial charge is 0.384 e. The topological polar surface area (TPSA) is 50.9 Å². The molecule has 0 bridgehead atoms. The zero-order valence-corrected chi connectivity index (χ0v) is 10.5. The fraction of sp³-hybridized carbons (Fsp3) is 0.400. The molecule has 1 aromatic carbocycles. The van der Waals surface area contributed by atoms with Crippen molar-refractivity contribution < 1.29 is 0 Å². The van der Waals surface area contributed by atoms with E-state index in [0.29, 0.717) is 5.41 Å². The van der Waals surface area contributed by atoms with E-state index in [0.717, 1.165) is 25.0 Å². The fourth-order valence-corrected chi connectivity index (χ4v) is 2.53. The van der Waals surface area contributed by atoms with Gasteiger partial charge < -0.3 is 11.1 Å². The summed E-state index contributed by atoms with van der Waals surface area (Å²) in [4.78, 5) is 4.38. The molecular weight excluding hydrogens is 222 g/mol. The number of rotatable bonds is 5. The summed E-state index contributed by atoms with van der Waals surface area (Å²) >= 11 is 0. The third kappa shape index (κ3) is 2.18. The summed E-state index contributed by atoms with van der Waals surface area (Å²) < 4.78 is 0. The molecule has 3 rings (SSSR count). The van der Waals surface area contributed by atoms with E-state index in [1.807, 2.05) is 18.3 Å². The molecule has 1 aromatic heterocycles. The van der Waals surface area contributed by atoms with E-state index in [-0.39, 0.29) is 0 Å². The van der Waals surface area contributed by atoms with E-state index in [9.17, 15) is 0 Å². The van der Waals surface area contributed by atoms with Crippen molar-refractivity contribution in [2.75, 3.05) is 18.4 Å². The van der Waals surface area contributed by atoms with Crippen molar-refractivity contribution in [1.82, 2.24) is 4.98 Å². The van der Waals surface area contributed by atoms with Crippen molar-refractivity contribution in [1.29, 1.82) is 0 Å². The highest BCUT2D eigenvalue weighted by atomic mass is 14.9. The highest BCUT2D eigenvalue weighted by molar-refractivity contribution is 5.90. The van der Waals surface area contributed by atoms with Gasteiger partial charge in [0.1, 0.15) is 0 Å². The predicted molar refractivity (Wildman–Crippen MR) is 75.6 cm³/mol. The fourth-order valence-electron chi connectivity index (χ4n) is 2.53. The summed E-state index contributed by atoms with van der Waals surface area (Å²) in [7, 11) is 0. The number of hydrogen-bond donors (Lipinski definition) is 2. The molecule has 1 heterocycles. The molecule has 94 valence electrons. The second-order valence-corrected chi connectivity index (χ2v) is 5.27. The molecule has 0 radical (unpaired) electrons. The maximum Gasteiger partial charge on any atom is 0.0722 e. The molecule has 18 heavy (non-hydrogen) atoms. The summed E-state index contributed by atoms with van der Waals surface area (Å²) in [6, 6.07) is 10.3. The van der Waals surface area contributed by atoms with Gasteiger partial charge in [0, 0.05) is 23.8 Å². The lowest BCUT2D eigenvalue weighted by atomic mass is 10.0. The molecule has 3 nitrogen and oxygen atoms in total. The van der Waals surface area contributed by atoms with Crippen LogP contribution in [-0.2, 0) is 0 Å². The van der Waals surface area contributed by atoms with Gasteiger partial charge in [-0.15, -0.1) is 0 Å². The first kappa shape index (κ1) is 11.5. The highest BCUT2D eigenvalue weighted by Gasteiger charge is 2.41. The van der Waals surface area contributed by atoms with E-state index in [4.69, 9.17) is 5.73 Å². The van der Waals surface area contributed by atoms with Gasteiger partial charge in [-0.3, -0.25) is 4.98 Å². The van der Waals surface area contributed by atoms with Crippen LogP contribution in [0, 0.1) is 5.41 Å². The molecule has 0 unspecified atom stereocenters. The second-order valence-electron chi connectivity index (χ2n) is 5.27. The maximum absolute atomic E-state index is 5.68. The molecule has 3 N–H and O–H groups in total. The van der Waals surface area contributed by atoms with Crippen LogP contribution in [-0.4, -0.2) is 18.1 Å². The Hall–Kier alpha value is -1.61. The molecule has 0 spiro atoms. The molecule has 3 heteroatoms. The zero-order chi connectivity index (χ0) is 12.4. The average molecular weight is 241 g/mol. The van der Waals surface area contributed by atoms with Crippen LogP contribution < -0.4 is 11.1 Å². The Bertz CT molecular complexity index is 541. The van der Waals surface area contributed by atoms with E-state index in [1.54, 1.807) is 0 Å². The Labute approximate surface area is 107 Å². The number of para-hydroxylation sites is 1. The van der Waals surface area contributed by atoms with Crippen LogP contribution in [0.25, 0.3) is 10.9 Å². The molecule has 0 atom stereocenters. The molecule has 1 aliphatic rings. The standard InChI is InChI=1S/C15H19N3/c16-9-8-15(6-7-15)11-18-14-5-10-17-13-4-2-1-3-12(13)14/h1-5,10H,6-9,11,16H2,(H,17,18). The predicted octanol–water partition coefficient (Wildman–Crippen LogP) is 2.78. The quantitative estimate of drug-likeness (QED) is 0.846. The van der Waals surface area contributed by atoms with Gasteiger partial charge in [-0.25, -0.2) is 0 Å². The molecule has 1 saturated carbocycles. The molecule has 1 aliphatic carbocycles. The first-order chi connectivity index (χ1) is 8.83. The normalized spacial score (nSPS) is 16.7. The van der Waals surface area contributed by atoms with Gasteiger partial charge in [0.05, 0.1) is 5.52 Å². The lowest BCUT2D eigenvalue weighted by Crippen LogP contribution is -2.19. The minimum absolute atomic E-state index is 0.457. The summed E-state index contributed by atoms with van der Waals surface area (Å²) in [5.41, 5.74) is 8.37. The van der Waals surface area contributed by atoms with Crippen LogP contribution in [0.5, 0.6) is 0 Å². The zero-order valence-electron chi connectivity index (χ0n) is 10.5. The number of pyridine rings is 1. The second kappa shape index (κ2) is 4.58. The van der Waals surface area contributed by atoms with Crippen molar-refractivity contribution in [2.45, 2.75) is 19.3 Å². The van der Waals surface area contributed by atoms with Crippen LogP contribution in [0.4, 0.5) is 5.69 Å². The van der Waals surface area contributed by atoms with Crippen molar-refractivity contribution in [3.8, 4) is 0 Å². The Morgan fingerprint density at radius 2 is 2.06 bits per heavy atom. The number of aromatic nitrogens is 1. The third-order valence-electron chi connectivity index (χ3n) is 3.93. The van der Waals surface area contributed by atoms with Gasteiger partial charge in [-0.1, -0.05) is 18.2 Å². The van der Waals surface area contributed by atoms with Crippen molar-refractivity contribution >= 4 is 16.6 Å². The number of fused-ring (bicyclic) bond motifs is 1. The third-order valence-corrected chi connectivity index (χ3v) is 3.93. The minimum atomic E-state index is 0.457. The van der Waals surface area contributed by atoms with E-state index in [2.05, 4.69) is 28.5 Å². The van der Waals surface area contributed by atoms with E-state index >= 15 is 0 Å². The van der Waals surface area contributed by atoms with Gasteiger partial charge in [-0.2, -0.15) is 0 Å². The number of nitrogens with one attached hydrogen (secondary N) is 1. The van der Waals surface area contributed by atoms with Crippen molar-refractivity contribution in [2.24, 2.45) is 11.1 Å². The van der Waals surface area contributed by atoms with Crippen molar-refractivity contribution in [3.05, 3.63) is 36.5 Å². The van der Waals surface area contributed by atoms with Crippen LogP contribution in [0.1, 0.15) is 19.3 Å². The lowest BCUT2D eigenvalue weighted by Gasteiger charge is -2.16. The molecule has 0 amide bonds. The monoisotopic (exact) mass is 241 g/mol. The summed E-state index contributed by atoms with van der Waals surface area (Å²) in [5, 5.41) is 4.78. The number of nitrogens with zero attached hydrogens (tertiary/aromatic N) is 1. The van der Waals surface area contributed by atoms with Crippen LogP contribution in [0.15, 0.2) is 36.5 Å². The Balaban J connectivity index is 1.79. The van der Waals surface area contributed by atoms with E-state index < -0.39 is 0 Å². The van der Waals surface area contributed by atoms with E-state index in [1.165, 1.54) is 23.9 Å². The minimum Gasteiger partial charge on any atom is -0.384 e. The van der Waals surface area contributed by atoms with Crippen molar-refractivity contribution in [3.63, 3.8) is 0 Å². The highest BCUT2D eigenvalue weighted by Crippen LogP contribution is 2.48. The van der Waals surface area contributed by atoms with Gasteiger partial charge in [0.2, 0.25) is 0 Å². The number of hydrogen-bond acceptors (Lipinski definition) is 3. The van der Waals surface area contributed by atoms with Gasteiger partial charge in [0.25, 0.3) is 0 Å². The molecular formula is C15H19N3. The lowest BCUT2D eigenvalue weighted by molar-refractivity contribution is 0.501. The van der Waals surface area contributed by atoms with Gasteiger partial charge in [0.15, 0.2) is 0 Å². The Kier molecular flexibility index (Phi) is 2.92. The number of benzene rings is 1. The summed E-state index contributed by atoms with van der Waals surface area (Å²) in [5.74, 6) is 0. The van der Waals surface area contributed by atoms with Gasteiger partial charge in [-0.05, 0) is 43.4 Å². The Morgan fingerprint density at radius 3 is 2.83 bits per heavy atom.